The second-order valence-corrected chi connectivity index (χ2v) is 4.51. The Labute approximate surface area is 120 Å². The Morgan fingerprint density at radius 2 is 1.95 bits per heavy atom. The van der Waals surface area contributed by atoms with E-state index in [0.717, 1.165) is 5.69 Å². The minimum absolute atomic E-state index is 0.194. The van der Waals surface area contributed by atoms with Gasteiger partial charge in [-0.05, 0) is 31.2 Å². The molecule has 6 heteroatoms. The van der Waals surface area contributed by atoms with Crippen LogP contribution in [0.1, 0.15) is 16.1 Å². The van der Waals surface area contributed by atoms with Gasteiger partial charge in [-0.3, -0.25) is 4.40 Å². The van der Waals surface area contributed by atoms with Crippen LogP contribution in [-0.2, 0) is 0 Å². The zero-order valence-electron chi connectivity index (χ0n) is 11.3. The molecule has 3 aromatic rings. The number of pyridine rings is 1. The summed E-state index contributed by atoms with van der Waals surface area (Å²) in [4.78, 5) is 15.3. The first-order chi connectivity index (χ1) is 10.1. The van der Waals surface area contributed by atoms with E-state index in [-0.39, 0.29) is 5.56 Å². The minimum atomic E-state index is -0.981. The van der Waals surface area contributed by atoms with Crippen molar-refractivity contribution in [3.8, 4) is 0 Å². The number of hydrogen-bond acceptors (Lipinski definition) is 4. The van der Waals surface area contributed by atoms with Gasteiger partial charge in [0.2, 0.25) is 0 Å². The lowest BCUT2D eigenvalue weighted by molar-refractivity contribution is 0.0697. The van der Waals surface area contributed by atoms with Gasteiger partial charge in [0, 0.05) is 6.20 Å². The van der Waals surface area contributed by atoms with Crippen LogP contribution in [0, 0.1) is 6.92 Å². The Hall–Kier alpha value is -3.02. The van der Waals surface area contributed by atoms with E-state index >= 15 is 0 Å². The maximum absolute atomic E-state index is 11.0. The van der Waals surface area contributed by atoms with Gasteiger partial charge in [-0.25, -0.2) is 9.78 Å². The molecule has 2 aromatic heterocycles. The fraction of sp³-hybridized carbons (Fsp3) is 0.0667. The van der Waals surface area contributed by atoms with E-state index < -0.39 is 5.97 Å². The molecule has 0 spiro atoms. The largest absolute Gasteiger partial charge is 0.478 e. The van der Waals surface area contributed by atoms with Crippen LogP contribution in [0.4, 0.5) is 11.5 Å². The van der Waals surface area contributed by atoms with Crippen molar-refractivity contribution in [2.75, 3.05) is 0 Å². The number of aryl methyl sites for hydroxylation is 1. The Morgan fingerprint density at radius 3 is 2.67 bits per heavy atom. The van der Waals surface area contributed by atoms with Crippen LogP contribution in [0.2, 0.25) is 0 Å². The van der Waals surface area contributed by atoms with Crippen molar-refractivity contribution in [3.63, 3.8) is 0 Å². The van der Waals surface area contributed by atoms with Gasteiger partial charge in [0.25, 0.3) is 0 Å². The molecular weight excluding hydrogens is 268 g/mol. The number of benzene rings is 1. The standard InChI is InChI=1S/C15H12N4O2/c1-10-14(18-17-12-5-3-2-4-6-12)19-8-7-11(15(20)21)9-13(19)16-10/h2-9H,1H3,(H,20,21). The van der Waals surface area contributed by atoms with E-state index in [0.29, 0.717) is 17.2 Å². The van der Waals surface area contributed by atoms with Crippen LogP contribution in [0.5, 0.6) is 0 Å². The fourth-order valence-corrected chi connectivity index (χ4v) is 2.00. The molecule has 0 aliphatic carbocycles. The summed E-state index contributed by atoms with van der Waals surface area (Å²) in [6, 6.07) is 12.4. The van der Waals surface area contributed by atoms with Crippen molar-refractivity contribution >= 4 is 23.1 Å². The zero-order valence-corrected chi connectivity index (χ0v) is 11.3. The van der Waals surface area contributed by atoms with Crippen molar-refractivity contribution < 1.29 is 9.90 Å². The van der Waals surface area contributed by atoms with Crippen molar-refractivity contribution in [1.82, 2.24) is 9.38 Å². The zero-order chi connectivity index (χ0) is 14.8. The van der Waals surface area contributed by atoms with Crippen LogP contribution in [-0.4, -0.2) is 20.5 Å². The monoisotopic (exact) mass is 280 g/mol. The molecule has 0 amide bonds. The Morgan fingerprint density at radius 1 is 1.19 bits per heavy atom. The van der Waals surface area contributed by atoms with E-state index in [2.05, 4.69) is 15.2 Å². The summed E-state index contributed by atoms with van der Waals surface area (Å²) < 4.78 is 1.72. The molecule has 0 fully saturated rings. The highest BCUT2D eigenvalue weighted by atomic mass is 16.4. The Balaban J connectivity index is 2.05. The SMILES string of the molecule is Cc1nc2cc(C(=O)O)ccn2c1N=Nc1ccccc1. The molecule has 104 valence electrons. The maximum Gasteiger partial charge on any atom is 0.335 e. The summed E-state index contributed by atoms with van der Waals surface area (Å²) in [5.74, 6) is -0.392. The molecule has 0 saturated heterocycles. The predicted molar refractivity (Wildman–Crippen MR) is 77.5 cm³/mol. The molecular formula is C15H12N4O2. The first kappa shape index (κ1) is 13.0. The number of carboxylic acid groups (broad SMARTS) is 1. The molecule has 2 heterocycles. The van der Waals surface area contributed by atoms with Crippen molar-refractivity contribution in [1.29, 1.82) is 0 Å². The number of azo groups is 1. The average molecular weight is 280 g/mol. The normalized spacial score (nSPS) is 11.3. The van der Waals surface area contributed by atoms with Gasteiger partial charge in [-0.2, -0.15) is 0 Å². The molecule has 0 aliphatic heterocycles. The maximum atomic E-state index is 11.0. The predicted octanol–water partition coefficient (Wildman–Crippen LogP) is 3.76. The molecule has 21 heavy (non-hydrogen) atoms. The minimum Gasteiger partial charge on any atom is -0.478 e. The Bertz CT molecular complexity index is 838. The topological polar surface area (TPSA) is 79.3 Å². The molecule has 3 rings (SSSR count). The number of carboxylic acids is 1. The summed E-state index contributed by atoms with van der Waals surface area (Å²) >= 11 is 0. The molecule has 0 atom stereocenters. The third kappa shape index (κ3) is 2.51. The van der Waals surface area contributed by atoms with Gasteiger partial charge >= 0.3 is 5.97 Å². The highest BCUT2D eigenvalue weighted by Gasteiger charge is 2.10. The molecule has 1 N–H and O–H groups in total. The second kappa shape index (κ2) is 5.16. The van der Waals surface area contributed by atoms with Gasteiger partial charge < -0.3 is 5.11 Å². The number of aromatic nitrogens is 2. The molecule has 0 saturated carbocycles. The van der Waals surface area contributed by atoms with Gasteiger partial charge in [-0.15, -0.1) is 10.2 Å². The van der Waals surface area contributed by atoms with Gasteiger partial charge in [-0.1, -0.05) is 18.2 Å². The first-order valence-corrected chi connectivity index (χ1v) is 6.34. The number of aromatic carboxylic acids is 1. The number of hydrogen-bond donors (Lipinski definition) is 1. The molecule has 0 bridgehead atoms. The Kier molecular flexibility index (Phi) is 3.19. The number of carbonyl (C=O) groups is 1. The second-order valence-electron chi connectivity index (χ2n) is 4.51. The fourth-order valence-electron chi connectivity index (χ4n) is 2.00. The van der Waals surface area contributed by atoms with Gasteiger partial charge in [0.1, 0.15) is 5.65 Å². The lowest BCUT2D eigenvalue weighted by atomic mass is 10.3. The van der Waals surface area contributed by atoms with E-state index in [4.69, 9.17) is 5.11 Å². The molecule has 1 aromatic carbocycles. The summed E-state index contributed by atoms with van der Waals surface area (Å²) in [6.45, 7) is 1.81. The third-order valence-electron chi connectivity index (χ3n) is 3.03. The van der Waals surface area contributed by atoms with Crippen LogP contribution >= 0.6 is 0 Å². The van der Waals surface area contributed by atoms with E-state index in [1.54, 1.807) is 10.6 Å². The van der Waals surface area contributed by atoms with Crippen molar-refractivity contribution in [2.45, 2.75) is 6.92 Å². The number of rotatable bonds is 3. The summed E-state index contributed by atoms with van der Waals surface area (Å²) in [5.41, 5.74) is 2.17. The van der Waals surface area contributed by atoms with Gasteiger partial charge in [0.05, 0.1) is 16.9 Å². The van der Waals surface area contributed by atoms with Crippen LogP contribution < -0.4 is 0 Å². The molecule has 6 nitrogen and oxygen atoms in total. The smallest absolute Gasteiger partial charge is 0.335 e. The van der Waals surface area contributed by atoms with Crippen LogP contribution in [0.3, 0.4) is 0 Å². The van der Waals surface area contributed by atoms with Crippen molar-refractivity contribution in [3.05, 3.63) is 59.9 Å². The van der Waals surface area contributed by atoms with E-state index in [1.165, 1.54) is 12.1 Å². The summed E-state index contributed by atoms with van der Waals surface area (Å²) in [7, 11) is 0. The number of nitrogens with zero attached hydrogens (tertiary/aromatic N) is 4. The van der Waals surface area contributed by atoms with Crippen LogP contribution in [0.15, 0.2) is 58.9 Å². The van der Waals surface area contributed by atoms with Crippen molar-refractivity contribution in [2.24, 2.45) is 10.2 Å². The van der Waals surface area contributed by atoms with E-state index in [1.807, 2.05) is 37.3 Å². The van der Waals surface area contributed by atoms with E-state index in [9.17, 15) is 4.79 Å². The number of imidazole rings is 1. The summed E-state index contributed by atoms with van der Waals surface area (Å²) in [6.07, 6.45) is 1.64. The highest BCUT2D eigenvalue weighted by molar-refractivity contribution is 5.88. The lowest BCUT2D eigenvalue weighted by Gasteiger charge is -1.98. The quantitative estimate of drug-likeness (QED) is 0.742. The average Bonchev–Trinajstić information content (AvgIpc) is 2.80. The lowest BCUT2D eigenvalue weighted by Crippen LogP contribution is -1.97. The van der Waals surface area contributed by atoms with Gasteiger partial charge in [0.15, 0.2) is 5.82 Å². The number of fused-ring (bicyclic) bond motifs is 1. The van der Waals surface area contributed by atoms with Crippen LogP contribution in [0.25, 0.3) is 5.65 Å². The molecule has 0 aliphatic rings. The molecule has 0 radical (unpaired) electrons. The molecule has 0 unspecified atom stereocenters. The first-order valence-electron chi connectivity index (χ1n) is 6.34. The third-order valence-corrected chi connectivity index (χ3v) is 3.03. The summed E-state index contributed by atoms with van der Waals surface area (Å²) in [5, 5.41) is 17.4. The highest BCUT2D eigenvalue weighted by Crippen LogP contribution is 2.23.